The van der Waals surface area contributed by atoms with E-state index in [2.05, 4.69) is 22.3 Å². The zero-order chi connectivity index (χ0) is 28.0. The van der Waals surface area contributed by atoms with Gasteiger partial charge in [-0.2, -0.15) is 0 Å². The van der Waals surface area contributed by atoms with Gasteiger partial charge < -0.3 is 14.9 Å². The largest absolute Gasteiger partial charge is 0.508 e. The molecule has 2 N–H and O–H groups in total. The van der Waals surface area contributed by atoms with Gasteiger partial charge in [-0.1, -0.05) is 65.1 Å². The van der Waals surface area contributed by atoms with Crippen LogP contribution < -0.4 is 9.64 Å². The van der Waals surface area contributed by atoms with Crippen LogP contribution in [0.15, 0.2) is 76.6 Å². The minimum absolute atomic E-state index is 0.0189. The Balaban J connectivity index is 1.38. The Morgan fingerprint density at radius 1 is 1.07 bits per heavy atom. The van der Waals surface area contributed by atoms with Crippen LogP contribution in [0.5, 0.6) is 11.5 Å². The highest BCUT2D eigenvalue weighted by Gasteiger charge is 2.48. The Morgan fingerprint density at radius 3 is 2.58 bits per heavy atom. The van der Waals surface area contributed by atoms with Crippen molar-refractivity contribution in [2.75, 3.05) is 4.90 Å². The zero-order valence-corrected chi connectivity index (χ0v) is 23.3. The number of phenolic OH excluding ortho intramolecular Hbond substituents is 1. The third kappa shape index (κ3) is 4.84. The number of ether oxygens (including phenoxy) is 1. The summed E-state index contributed by atoms with van der Waals surface area (Å²) in [5.41, 5.74) is 4.15. The fourth-order valence-electron chi connectivity index (χ4n) is 4.91. The molecule has 3 heterocycles. The number of phenols is 1. The number of carbonyl (C=O) groups excluding carboxylic acids is 2. The van der Waals surface area contributed by atoms with E-state index in [0.29, 0.717) is 27.6 Å². The van der Waals surface area contributed by atoms with E-state index < -0.39 is 17.7 Å². The molecule has 10 heteroatoms. The van der Waals surface area contributed by atoms with E-state index in [-0.39, 0.29) is 28.3 Å². The van der Waals surface area contributed by atoms with E-state index in [4.69, 9.17) is 4.74 Å². The summed E-state index contributed by atoms with van der Waals surface area (Å²) in [5, 5.41) is 30.1. The number of carbonyl (C=O) groups is 2. The Morgan fingerprint density at radius 2 is 1.82 bits per heavy atom. The number of aromatic nitrogens is 2. The van der Waals surface area contributed by atoms with Crippen molar-refractivity contribution < 1.29 is 24.5 Å². The summed E-state index contributed by atoms with van der Waals surface area (Å²) in [5.74, 6) is -0.438. The fourth-order valence-corrected chi connectivity index (χ4v) is 6.74. The number of fused-ring (bicyclic) bond motifs is 1. The van der Waals surface area contributed by atoms with Crippen LogP contribution in [0.4, 0.5) is 5.13 Å². The minimum atomic E-state index is -0.952. The lowest BCUT2D eigenvalue weighted by atomic mass is 9.94. The number of aliphatic hydroxyl groups is 1. The maximum atomic E-state index is 13.5. The standard InChI is InChI=1S/C30H25N3O5S2/c1-16-3-5-18(6-4-16)15-39-30-32-31-29(40-30)33-25(19-7-10-22(34)11-8-19)24(27(36)28(33)37)26(35)20-9-12-23-21(14-20)13-17(2)38-23/h3-12,14,17,25,34-35H,13,15H2,1-2H3/b26-24+. The number of aryl methyl sites for hydroxylation is 1. The van der Waals surface area contributed by atoms with E-state index >= 15 is 0 Å². The number of rotatable bonds is 6. The molecule has 4 aromatic rings. The van der Waals surface area contributed by atoms with Crippen LogP contribution in [0, 0.1) is 6.92 Å². The molecular weight excluding hydrogens is 546 g/mol. The normalized spacial score (nSPS) is 19.6. The molecule has 2 atom stereocenters. The van der Waals surface area contributed by atoms with Crippen molar-refractivity contribution in [2.45, 2.75) is 42.5 Å². The second-order valence-electron chi connectivity index (χ2n) is 9.84. The number of hydrogen-bond acceptors (Lipinski definition) is 9. The van der Waals surface area contributed by atoms with Crippen LogP contribution in [0.1, 0.15) is 40.8 Å². The Bertz CT molecular complexity index is 1650. The minimum Gasteiger partial charge on any atom is -0.508 e. The monoisotopic (exact) mass is 571 g/mol. The molecule has 2 unspecified atom stereocenters. The SMILES string of the molecule is Cc1ccc(CSc2nnc(N3C(=O)C(=O)/C(=C(/O)c4ccc5c(c4)CC(C)O5)C3c3ccc(O)cc3)s2)cc1. The number of benzene rings is 3. The van der Waals surface area contributed by atoms with Crippen molar-refractivity contribution in [1.29, 1.82) is 0 Å². The molecule has 3 aromatic carbocycles. The van der Waals surface area contributed by atoms with Gasteiger partial charge in [0, 0.05) is 17.7 Å². The molecule has 6 rings (SSSR count). The molecule has 1 fully saturated rings. The molecule has 0 radical (unpaired) electrons. The first-order valence-corrected chi connectivity index (χ1v) is 14.5. The lowest BCUT2D eigenvalue weighted by Gasteiger charge is -2.22. The van der Waals surface area contributed by atoms with Crippen molar-refractivity contribution >= 4 is 45.7 Å². The van der Waals surface area contributed by atoms with Crippen LogP contribution in [0.2, 0.25) is 0 Å². The second kappa shape index (κ2) is 10.4. The number of aromatic hydroxyl groups is 1. The summed E-state index contributed by atoms with van der Waals surface area (Å²) in [7, 11) is 0. The summed E-state index contributed by atoms with van der Waals surface area (Å²) in [6.07, 6.45) is 0.699. The number of nitrogens with zero attached hydrogens (tertiary/aromatic N) is 3. The van der Waals surface area contributed by atoms with Gasteiger partial charge in [0.1, 0.15) is 23.4 Å². The zero-order valence-electron chi connectivity index (χ0n) is 21.7. The molecule has 0 spiro atoms. The molecule has 2 aliphatic rings. The maximum Gasteiger partial charge on any atom is 0.301 e. The molecule has 1 saturated heterocycles. The molecule has 8 nitrogen and oxygen atoms in total. The highest BCUT2D eigenvalue weighted by Crippen LogP contribution is 2.44. The Kier molecular flexibility index (Phi) is 6.81. The average Bonchev–Trinajstić information content (AvgIpc) is 3.63. The number of thioether (sulfide) groups is 1. The van der Waals surface area contributed by atoms with E-state index in [1.165, 1.54) is 45.7 Å². The number of aliphatic hydroxyl groups excluding tert-OH is 1. The number of anilines is 1. The maximum absolute atomic E-state index is 13.5. The third-order valence-corrected chi connectivity index (χ3v) is 9.03. The quantitative estimate of drug-likeness (QED) is 0.0983. The van der Waals surface area contributed by atoms with Gasteiger partial charge in [-0.3, -0.25) is 14.5 Å². The molecule has 0 aliphatic carbocycles. The number of ketones is 1. The first-order chi connectivity index (χ1) is 19.3. The van der Waals surface area contributed by atoms with Crippen LogP contribution in [-0.2, 0) is 21.8 Å². The van der Waals surface area contributed by atoms with E-state index in [1.54, 1.807) is 30.3 Å². The highest BCUT2D eigenvalue weighted by atomic mass is 32.2. The number of hydrogen-bond donors (Lipinski definition) is 2. The number of Topliss-reactive ketones (excluding diaryl/α,β-unsaturated/α-hetero) is 1. The molecule has 202 valence electrons. The molecule has 0 saturated carbocycles. The number of amides is 1. The first kappa shape index (κ1) is 26.1. The lowest BCUT2D eigenvalue weighted by molar-refractivity contribution is -0.132. The summed E-state index contributed by atoms with van der Waals surface area (Å²) >= 11 is 2.70. The van der Waals surface area contributed by atoms with Crippen LogP contribution in [0.3, 0.4) is 0 Å². The van der Waals surface area contributed by atoms with E-state index in [9.17, 15) is 19.8 Å². The molecule has 40 heavy (non-hydrogen) atoms. The van der Waals surface area contributed by atoms with Gasteiger partial charge in [-0.15, -0.1) is 10.2 Å². The van der Waals surface area contributed by atoms with Crippen molar-refractivity contribution in [2.24, 2.45) is 0 Å². The van der Waals surface area contributed by atoms with E-state index in [0.717, 1.165) is 16.9 Å². The first-order valence-electron chi connectivity index (χ1n) is 12.7. The molecule has 2 aliphatic heterocycles. The van der Waals surface area contributed by atoms with Gasteiger partial charge in [0.25, 0.3) is 5.78 Å². The summed E-state index contributed by atoms with van der Waals surface area (Å²) in [6, 6.07) is 18.7. The Labute approximate surface area is 239 Å². The smallest absolute Gasteiger partial charge is 0.301 e. The van der Waals surface area contributed by atoms with Crippen LogP contribution in [-0.4, -0.2) is 38.2 Å². The summed E-state index contributed by atoms with van der Waals surface area (Å²) in [4.78, 5) is 28.2. The van der Waals surface area contributed by atoms with Crippen molar-refractivity contribution in [1.82, 2.24) is 10.2 Å². The van der Waals surface area contributed by atoms with Gasteiger partial charge in [-0.05, 0) is 60.9 Å². The van der Waals surface area contributed by atoms with Gasteiger partial charge in [-0.25, -0.2) is 0 Å². The third-order valence-electron chi connectivity index (χ3n) is 6.91. The van der Waals surface area contributed by atoms with Crippen molar-refractivity contribution in [3.8, 4) is 11.5 Å². The summed E-state index contributed by atoms with van der Waals surface area (Å²) < 4.78 is 6.42. The molecule has 1 aromatic heterocycles. The van der Waals surface area contributed by atoms with Crippen molar-refractivity contribution in [3.63, 3.8) is 0 Å². The lowest BCUT2D eigenvalue weighted by Crippen LogP contribution is -2.29. The average molecular weight is 572 g/mol. The van der Waals surface area contributed by atoms with Gasteiger partial charge >= 0.3 is 5.91 Å². The predicted molar refractivity (Wildman–Crippen MR) is 154 cm³/mol. The second-order valence-corrected chi connectivity index (χ2v) is 12.0. The highest BCUT2D eigenvalue weighted by molar-refractivity contribution is 8.00. The molecule has 1 amide bonds. The van der Waals surface area contributed by atoms with Crippen molar-refractivity contribution in [3.05, 3.63) is 100 Å². The molecule has 0 bridgehead atoms. The topological polar surface area (TPSA) is 113 Å². The van der Waals surface area contributed by atoms with Gasteiger partial charge in [0.05, 0.1) is 11.6 Å². The van der Waals surface area contributed by atoms with E-state index in [1.807, 2.05) is 26.0 Å². The van der Waals surface area contributed by atoms with Gasteiger partial charge in [0.15, 0.2) is 4.34 Å². The predicted octanol–water partition coefficient (Wildman–Crippen LogP) is 5.79. The fraction of sp³-hybridized carbons (Fsp3) is 0.200. The van der Waals surface area contributed by atoms with Crippen LogP contribution >= 0.6 is 23.1 Å². The molecular formula is C30H25N3O5S2. The summed E-state index contributed by atoms with van der Waals surface area (Å²) in [6.45, 7) is 4.00. The van der Waals surface area contributed by atoms with Gasteiger partial charge in [0.2, 0.25) is 5.13 Å². The van der Waals surface area contributed by atoms with Crippen LogP contribution in [0.25, 0.3) is 5.76 Å². The Hall–Kier alpha value is -4.15.